The molecule has 32 heavy (non-hydrogen) atoms. The SMILES string of the molecule is COc1ccc(S(=O)(=O)N(CC(=O)Nc2cc(Cl)ccc2C)Cc2ccccc2)cc1Cl. The molecule has 0 fully saturated rings. The van der Waals surface area contributed by atoms with Gasteiger partial charge in [0.1, 0.15) is 5.75 Å². The average molecular weight is 493 g/mol. The van der Waals surface area contributed by atoms with Crippen LogP contribution in [0.3, 0.4) is 0 Å². The Hall–Kier alpha value is -2.58. The van der Waals surface area contributed by atoms with E-state index in [1.165, 1.54) is 25.3 Å². The van der Waals surface area contributed by atoms with E-state index in [0.717, 1.165) is 15.4 Å². The van der Waals surface area contributed by atoms with Crippen molar-refractivity contribution in [3.05, 3.63) is 87.9 Å². The van der Waals surface area contributed by atoms with Crippen LogP contribution in [0, 0.1) is 6.92 Å². The second kappa shape index (κ2) is 10.4. The molecular formula is C23H22Cl2N2O4S. The van der Waals surface area contributed by atoms with Gasteiger partial charge in [0, 0.05) is 17.3 Å². The quantitative estimate of drug-likeness (QED) is 0.472. The number of ether oxygens (including phenoxy) is 1. The lowest BCUT2D eigenvalue weighted by Crippen LogP contribution is -2.37. The number of benzene rings is 3. The van der Waals surface area contributed by atoms with Crippen molar-refractivity contribution in [3.63, 3.8) is 0 Å². The fourth-order valence-electron chi connectivity index (χ4n) is 3.05. The third-order valence-corrected chi connectivity index (χ3v) is 7.07. The van der Waals surface area contributed by atoms with Gasteiger partial charge in [-0.15, -0.1) is 0 Å². The Bertz CT molecular complexity index is 1220. The second-order valence-corrected chi connectivity index (χ2v) is 9.84. The molecule has 0 heterocycles. The highest BCUT2D eigenvalue weighted by Gasteiger charge is 2.28. The van der Waals surface area contributed by atoms with E-state index in [2.05, 4.69) is 5.32 Å². The highest BCUT2D eigenvalue weighted by atomic mass is 35.5. The second-order valence-electron chi connectivity index (χ2n) is 7.06. The maximum atomic E-state index is 13.4. The Kier molecular flexibility index (Phi) is 7.79. The van der Waals surface area contributed by atoms with Crippen molar-refractivity contribution in [2.45, 2.75) is 18.4 Å². The van der Waals surface area contributed by atoms with E-state index in [-0.39, 0.29) is 16.5 Å². The Morgan fingerprint density at radius 3 is 2.41 bits per heavy atom. The molecule has 1 amide bonds. The number of hydrogen-bond donors (Lipinski definition) is 1. The summed E-state index contributed by atoms with van der Waals surface area (Å²) in [5, 5.41) is 3.37. The van der Waals surface area contributed by atoms with Gasteiger partial charge in [-0.25, -0.2) is 8.42 Å². The fourth-order valence-corrected chi connectivity index (χ4v) is 4.95. The predicted molar refractivity (Wildman–Crippen MR) is 127 cm³/mol. The molecule has 0 aromatic heterocycles. The highest BCUT2D eigenvalue weighted by molar-refractivity contribution is 7.89. The summed E-state index contributed by atoms with van der Waals surface area (Å²) in [6, 6.07) is 18.3. The molecule has 0 saturated carbocycles. The van der Waals surface area contributed by atoms with E-state index in [0.29, 0.717) is 16.5 Å². The van der Waals surface area contributed by atoms with Crippen molar-refractivity contribution >= 4 is 44.8 Å². The van der Waals surface area contributed by atoms with Crippen molar-refractivity contribution < 1.29 is 17.9 Å². The number of methoxy groups -OCH3 is 1. The summed E-state index contributed by atoms with van der Waals surface area (Å²) in [6.07, 6.45) is 0. The number of sulfonamides is 1. The maximum Gasteiger partial charge on any atom is 0.243 e. The van der Waals surface area contributed by atoms with Crippen LogP contribution in [0.5, 0.6) is 5.75 Å². The van der Waals surface area contributed by atoms with Crippen molar-refractivity contribution in [2.75, 3.05) is 19.0 Å². The van der Waals surface area contributed by atoms with Crippen LogP contribution in [0.4, 0.5) is 5.69 Å². The minimum atomic E-state index is -4.05. The minimum absolute atomic E-state index is 0.00870. The van der Waals surface area contributed by atoms with Gasteiger partial charge in [0.15, 0.2) is 0 Å². The molecule has 0 saturated heterocycles. The molecule has 6 nitrogen and oxygen atoms in total. The Morgan fingerprint density at radius 2 is 1.75 bits per heavy atom. The lowest BCUT2D eigenvalue weighted by molar-refractivity contribution is -0.116. The molecule has 0 aliphatic rings. The van der Waals surface area contributed by atoms with E-state index < -0.39 is 22.5 Å². The number of carbonyl (C=O) groups is 1. The number of aryl methyl sites for hydroxylation is 1. The molecule has 9 heteroatoms. The van der Waals surface area contributed by atoms with Gasteiger partial charge in [-0.3, -0.25) is 4.79 Å². The number of nitrogens with zero attached hydrogens (tertiary/aromatic N) is 1. The lowest BCUT2D eigenvalue weighted by Gasteiger charge is -2.22. The highest BCUT2D eigenvalue weighted by Crippen LogP contribution is 2.29. The molecule has 0 atom stereocenters. The molecule has 0 unspecified atom stereocenters. The summed E-state index contributed by atoms with van der Waals surface area (Å²) in [4.78, 5) is 12.8. The van der Waals surface area contributed by atoms with E-state index in [1.807, 2.05) is 13.0 Å². The summed E-state index contributed by atoms with van der Waals surface area (Å²) >= 11 is 12.2. The Morgan fingerprint density at radius 1 is 1.03 bits per heavy atom. The average Bonchev–Trinajstić information content (AvgIpc) is 2.76. The van der Waals surface area contributed by atoms with Crippen molar-refractivity contribution in [3.8, 4) is 5.75 Å². The first kappa shape index (κ1) is 24.1. The van der Waals surface area contributed by atoms with E-state index in [1.54, 1.807) is 42.5 Å². The Labute approximate surface area is 197 Å². The number of hydrogen-bond acceptors (Lipinski definition) is 4. The molecular weight excluding hydrogens is 471 g/mol. The fraction of sp³-hybridized carbons (Fsp3) is 0.174. The van der Waals surface area contributed by atoms with Crippen LogP contribution in [-0.4, -0.2) is 32.3 Å². The van der Waals surface area contributed by atoms with Crippen LogP contribution < -0.4 is 10.1 Å². The number of halogens is 2. The molecule has 0 aliphatic heterocycles. The number of nitrogens with one attached hydrogen (secondary N) is 1. The van der Waals surface area contributed by atoms with Gasteiger partial charge in [0.2, 0.25) is 15.9 Å². The van der Waals surface area contributed by atoms with Gasteiger partial charge in [-0.2, -0.15) is 4.31 Å². The molecule has 0 spiro atoms. The molecule has 1 N–H and O–H groups in total. The molecule has 168 valence electrons. The standard InChI is InChI=1S/C23H22Cl2N2O4S/c1-16-8-9-18(24)12-21(16)26-23(28)15-27(14-17-6-4-3-5-7-17)32(29,30)19-10-11-22(31-2)20(25)13-19/h3-13H,14-15H2,1-2H3,(H,26,28). The summed E-state index contributed by atoms with van der Waals surface area (Å²) < 4.78 is 33.1. The van der Waals surface area contributed by atoms with Crippen LogP contribution in [0.1, 0.15) is 11.1 Å². The number of amides is 1. The molecule has 3 rings (SSSR count). The van der Waals surface area contributed by atoms with Gasteiger partial charge in [-0.1, -0.05) is 59.6 Å². The monoisotopic (exact) mass is 492 g/mol. The zero-order chi connectivity index (χ0) is 23.3. The molecule has 3 aromatic carbocycles. The van der Waals surface area contributed by atoms with Crippen LogP contribution in [0.2, 0.25) is 10.0 Å². The smallest absolute Gasteiger partial charge is 0.243 e. The number of carbonyl (C=O) groups excluding carboxylic acids is 1. The zero-order valence-electron chi connectivity index (χ0n) is 17.5. The van der Waals surface area contributed by atoms with Crippen molar-refractivity contribution in [1.29, 1.82) is 0 Å². The first-order valence-electron chi connectivity index (χ1n) is 9.64. The topological polar surface area (TPSA) is 75.7 Å². The minimum Gasteiger partial charge on any atom is -0.495 e. The van der Waals surface area contributed by atoms with Gasteiger partial charge in [0.05, 0.1) is 23.6 Å². The first-order valence-corrected chi connectivity index (χ1v) is 11.8. The first-order chi connectivity index (χ1) is 15.2. The number of anilines is 1. The molecule has 3 aromatic rings. The number of rotatable bonds is 8. The summed E-state index contributed by atoms with van der Waals surface area (Å²) in [7, 11) is -2.60. The predicted octanol–water partition coefficient (Wildman–Crippen LogP) is 5.14. The van der Waals surface area contributed by atoms with E-state index in [4.69, 9.17) is 27.9 Å². The Balaban J connectivity index is 1.91. The van der Waals surface area contributed by atoms with Crippen LogP contribution in [0.15, 0.2) is 71.6 Å². The maximum absolute atomic E-state index is 13.4. The molecule has 0 bridgehead atoms. The van der Waals surface area contributed by atoms with E-state index in [9.17, 15) is 13.2 Å². The largest absolute Gasteiger partial charge is 0.495 e. The third kappa shape index (κ3) is 5.81. The zero-order valence-corrected chi connectivity index (χ0v) is 19.8. The van der Waals surface area contributed by atoms with Crippen molar-refractivity contribution in [1.82, 2.24) is 4.31 Å². The lowest BCUT2D eigenvalue weighted by atomic mass is 10.2. The van der Waals surface area contributed by atoms with Gasteiger partial charge in [-0.05, 0) is 48.4 Å². The van der Waals surface area contributed by atoms with Gasteiger partial charge < -0.3 is 10.1 Å². The third-order valence-electron chi connectivity index (χ3n) is 4.76. The summed E-state index contributed by atoms with van der Waals surface area (Å²) in [5.41, 5.74) is 2.07. The van der Waals surface area contributed by atoms with Gasteiger partial charge >= 0.3 is 0 Å². The van der Waals surface area contributed by atoms with E-state index >= 15 is 0 Å². The van der Waals surface area contributed by atoms with Crippen molar-refractivity contribution in [2.24, 2.45) is 0 Å². The van der Waals surface area contributed by atoms with Gasteiger partial charge in [0.25, 0.3) is 0 Å². The van der Waals surface area contributed by atoms with Crippen LogP contribution >= 0.6 is 23.2 Å². The molecule has 0 aliphatic carbocycles. The summed E-state index contributed by atoms with van der Waals surface area (Å²) in [5.74, 6) is -0.135. The summed E-state index contributed by atoms with van der Waals surface area (Å²) in [6.45, 7) is 1.44. The van der Waals surface area contributed by atoms with Crippen LogP contribution in [0.25, 0.3) is 0 Å². The molecule has 0 radical (unpaired) electrons. The van der Waals surface area contributed by atoms with Crippen LogP contribution in [-0.2, 0) is 21.4 Å². The normalized spacial score (nSPS) is 11.4.